The molecule has 0 unspecified atom stereocenters. The fourth-order valence-electron chi connectivity index (χ4n) is 3.72. The molecular formula is C27H22N4O4S2. The van der Waals surface area contributed by atoms with Gasteiger partial charge in [0.2, 0.25) is 0 Å². The lowest BCUT2D eigenvalue weighted by atomic mass is 10.1. The van der Waals surface area contributed by atoms with Gasteiger partial charge in [-0.2, -0.15) is 0 Å². The lowest BCUT2D eigenvalue weighted by Crippen LogP contribution is -2.31. The van der Waals surface area contributed by atoms with E-state index >= 15 is 0 Å². The normalized spacial score (nSPS) is 11.3. The number of sulfonamides is 1. The molecule has 0 atom stereocenters. The Kier molecular flexibility index (Phi) is 6.85. The van der Waals surface area contributed by atoms with Gasteiger partial charge in [0.15, 0.2) is 5.13 Å². The zero-order chi connectivity index (χ0) is 25.8. The number of ether oxygens (including phenoxy) is 1. The number of carbonyl (C=O) groups is 1. The SMILES string of the molecule is COc1ccc(S(=O)(=O)Nc2ccccc2C(=O)N(Cc2ccccn2)c2nc3ccccc3s2)cc1. The van der Waals surface area contributed by atoms with Gasteiger partial charge >= 0.3 is 0 Å². The van der Waals surface area contributed by atoms with Crippen LogP contribution in [-0.4, -0.2) is 31.4 Å². The highest BCUT2D eigenvalue weighted by Gasteiger charge is 2.26. The highest BCUT2D eigenvalue weighted by molar-refractivity contribution is 7.92. The molecule has 1 N–H and O–H groups in total. The quantitative estimate of drug-likeness (QED) is 0.290. The fourth-order valence-corrected chi connectivity index (χ4v) is 5.76. The maximum absolute atomic E-state index is 14.0. The number of rotatable bonds is 8. The first-order valence-electron chi connectivity index (χ1n) is 11.3. The number of aromatic nitrogens is 2. The average Bonchev–Trinajstić information content (AvgIpc) is 3.36. The minimum atomic E-state index is -3.97. The van der Waals surface area contributed by atoms with Gasteiger partial charge in [-0.15, -0.1) is 0 Å². The second-order valence-electron chi connectivity index (χ2n) is 8.00. The second kappa shape index (κ2) is 10.4. The Labute approximate surface area is 218 Å². The third-order valence-electron chi connectivity index (χ3n) is 5.58. The van der Waals surface area contributed by atoms with Crippen molar-refractivity contribution in [1.29, 1.82) is 0 Å². The highest BCUT2D eigenvalue weighted by Crippen LogP contribution is 2.32. The Morgan fingerprint density at radius 2 is 1.68 bits per heavy atom. The summed E-state index contributed by atoms with van der Waals surface area (Å²) in [5.74, 6) is 0.133. The molecule has 0 spiro atoms. The monoisotopic (exact) mass is 530 g/mol. The van der Waals surface area contributed by atoms with Crippen LogP contribution in [0.15, 0.2) is 102 Å². The summed E-state index contributed by atoms with van der Waals surface area (Å²) >= 11 is 1.38. The molecule has 1 amide bonds. The van der Waals surface area contributed by atoms with Crippen molar-refractivity contribution in [3.63, 3.8) is 0 Å². The second-order valence-corrected chi connectivity index (χ2v) is 10.7. The summed E-state index contributed by atoms with van der Waals surface area (Å²) in [6.45, 7) is 0.166. The Morgan fingerprint density at radius 3 is 2.41 bits per heavy atom. The standard InChI is InChI=1S/C27H22N4O4S2/c1-35-20-13-15-21(16-14-20)37(33,34)30-23-10-3-2-9-22(23)26(32)31(18-19-8-6-7-17-28-19)27-29-24-11-4-5-12-25(24)36-27/h2-17,30H,18H2,1H3. The highest BCUT2D eigenvalue weighted by atomic mass is 32.2. The minimum Gasteiger partial charge on any atom is -0.497 e. The molecule has 0 bridgehead atoms. The Balaban J connectivity index is 1.52. The lowest BCUT2D eigenvalue weighted by Gasteiger charge is -2.21. The molecule has 0 aliphatic rings. The summed E-state index contributed by atoms with van der Waals surface area (Å²) in [5, 5.41) is 0.490. The summed E-state index contributed by atoms with van der Waals surface area (Å²) in [7, 11) is -2.46. The Morgan fingerprint density at radius 1 is 0.946 bits per heavy atom. The molecule has 10 heteroatoms. The van der Waals surface area contributed by atoms with Crippen molar-refractivity contribution in [2.24, 2.45) is 0 Å². The fraction of sp³-hybridized carbons (Fsp3) is 0.0741. The van der Waals surface area contributed by atoms with Gasteiger partial charge in [0, 0.05) is 6.20 Å². The first kappa shape index (κ1) is 24.4. The Hall–Kier alpha value is -4.28. The molecule has 5 rings (SSSR count). The molecule has 5 aromatic rings. The van der Waals surface area contributed by atoms with Crippen molar-refractivity contribution in [1.82, 2.24) is 9.97 Å². The van der Waals surface area contributed by atoms with E-state index < -0.39 is 15.9 Å². The summed E-state index contributed by atoms with van der Waals surface area (Å²) < 4.78 is 34.9. The van der Waals surface area contributed by atoms with E-state index in [-0.39, 0.29) is 22.7 Å². The van der Waals surface area contributed by atoms with Crippen LogP contribution in [0.3, 0.4) is 0 Å². The molecule has 0 aliphatic heterocycles. The van der Waals surface area contributed by atoms with Crippen LogP contribution in [0.4, 0.5) is 10.8 Å². The molecule has 0 saturated heterocycles. The number of carbonyl (C=O) groups excluding carboxylic acids is 1. The number of methoxy groups -OCH3 is 1. The summed E-state index contributed by atoms with van der Waals surface area (Å²) in [6.07, 6.45) is 1.66. The molecule has 8 nitrogen and oxygen atoms in total. The largest absolute Gasteiger partial charge is 0.497 e. The summed E-state index contributed by atoms with van der Waals surface area (Å²) in [4.78, 5) is 24.6. The molecule has 2 aromatic heterocycles. The van der Waals surface area contributed by atoms with E-state index in [2.05, 4.69) is 14.7 Å². The number of nitrogens with zero attached hydrogens (tertiary/aromatic N) is 3. The van der Waals surface area contributed by atoms with Gasteiger partial charge in [-0.1, -0.05) is 41.7 Å². The van der Waals surface area contributed by atoms with Crippen LogP contribution in [0, 0.1) is 0 Å². The first-order valence-corrected chi connectivity index (χ1v) is 13.6. The number of thiazole rings is 1. The van der Waals surface area contributed by atoms with Crippen LogP contribution in [0.5, 0.6) is 5.75 Å². The minimum absolute atomic E-state index is 0.0482. The number of hydrogen-bond acceptors (Lipinski definition) is 7. The van der Waals surface area contributed by atoms with E-state index in [9.17, 15) is 13.2 Å². The third kappa shape index (κ3) is 5.30. The van der Waals surface area contributed by atoms with E-state index in [0.717, 1.165) is 10.2 Å². The van der Waals surface area contributed by atoms with Crippen molar-refractivity contribution >= 4 is 48.3 Å². The van der Waals surface area contributed by atoms with Crippen LogP contribution in [0.2, 0.25) is 0 Å². The number of fused-ring (bicyclic) bond motifs is 1. The maximum atomic E-state index is 14.0. The molecule has 0 radical (unpaired) electrons. The van der Waals surface area contributed by atoms with E-state index in [1.807, 2.05) is 36.4 Å². The van der Waals surface area contributed by atoms with Gasteiger partial charge in [-0.3, -0.25) is 19.4 Å². The van der Waals surface area contributed by atoms with Crippen LogP contribution >= 0.6 is 11.3 Å². The summed E-state index contributed by atoms with van der Waals surface area (Å²) in [5.41, 5.74) is 1.80. The van der Waals surface area contributed by atoms with E-state index in [4.69, 9.17) is 4.74 Å². The number of benzene rings is 3. The molecule has 0 fully saturated rings. The van der Waals surface area contributed by atoms with E-state index in [0.29, 0.717) is 16.6 Å². The average molecular weight is 531 g/mol. The van der Waals surface area contributed by atoms with Crippen LogP contribution in [-0.2, 0) is 16.6 Å². The molecule has 0 aliphatic carbocycles. The molecule has 37 heavy (non-hydrogen) atoms. The molecular weight excluding hydrogens is 508 g/mol. The molecule has 3 aromatic carbocycles. The van der Waals surface area contributed by atoms with Gasteiger partial charge in [0.1, 0.15) is 5.75 Å². The van der Waals surface area contributed by atoms with Gasteiger partial charge in [0.05, 0.1) is 45.7 Å². The Bertz CT molecular complexity index is 1620. The summed E-state index contributed by atoms with van der Waals surface area (Å²) in [6, 6.07) is 25.6. The van der Waals surface area contributed by atoms with Crippen molar-refractivity contribution < 1.29 is 17.9 Å². The molecule has 186 valence electrons. The number of hydrogen-bond donors (Lipinski definition) is 1. The first-order chi connectivity index (χ1) is 17.9. The molecule has 0 saturated carbocycles. The van der Waals surface area contributed by atoms with Crippen molar-refractivity contribution in [2.75, 3.05) is 16.7 Å². The van der Waals surface area contributed by atoms with Crippen molar-refractivity contribution in [3.8, 4) is 5.75 Å². The number of para-hydroxylation sites is 2. The zero-order valence-electron chi connectivity index (χ0n) is 19.7. The predicted octanol–water partition coefficient (Wildman–Crippen LogP) is 5.35. The predicted molar refractivity (Wildman–Crippen MR) is 145 cm³/mol. The van der Waals surface area contributed by atoms with Gasteiger partial charge < -0.3 is 4.74 Å². The van der Waals surface area contributed by atoms with Gasteiger partial charge in [-0.05, 0) is 60.7 Å². The van der Waals surface area contributed by atoms with Gasteiger partial charge in [0.25, 0.3) is 15.9 Å². The van der Waals surface area contributed by atoms with Crippen LogP contribution in [0.25, 0.3) is 10.2 Å². The van der Waals surface area contributed by atoms with Crippen LogP contribution < -0.4 is 14.4 Å². The molecule has 2 heterocycles. The van der Waals surface area contributed by atoms with Crippen LogP contribution in [0.1, 0.15) is 16.1 Å². The zero-order valence-corrected chi connectivity index (χ0v) is 21.4. The smallest absolute Gasteiger partial charge is 0.262 e. The van der Waals surface area contributed by atoms with E-state index in [1.54, 1.807) is 48.7 Å². The van der Waals surface area contributed by atoms with Crippen molar-refractivity contribution in [3.05, 3.63) is 108 Å². The number of anilines is 2. The number of amides is 1. The topological polar surface area (TPSA) is 101 Å². The lowest BCUT2D eigenvalue weighted by molar-refractivity contribution is 0.0985. The van der Waals surface area contributed by atoms with Crippen molar-refractivity contribution in [2.45, 2.75) is 11.4 Å². The number of pyridine rings is 1. The maximum Gasteiger partial charge on any atom is 0.262 e. The number of nitrogens with one attached hydrogen (secondary N) is 1. The van der Waals surface area contributed by atoms with E-state index in [1.165, 1.54) is 35.5 Å². The van der Waals surface area contributed by atoms with Gasteiger partial charge in [-0.25, -0.2) is 13.4 Å². The third-order valence-corrected chi connectivity index (χ3v) is 8.02.